The number of aliphatic hydroxyl groups excluding tert-OH is 1. The van der Waals surface area contributed by atoms with Crippen LogP contribution in [-0.4, -0.2) is 51.1 Å². The van der Waals surface area contributed by atoms with Crippen molar-refractivity contribution in [1.82, 2.24) is 4.57 Å². The summed E-state index contributed by atoms with van der Waals surface area (Å²) >= 11 is 0. The summed E-state index contributed by atoms with van der Waals surface area (Å²) in [6.45, 7) is 4.05. The molecule has 0 saturated heterocycles. The number of aromatic nitrogens is 1. The van der Waals surface area contributed by atoms with Gasteiger partial charge in [0.1, 0.15) is 0 Å². The number of nitrogens with zero attached hydrogens (tertiary/aromatic N) is 3. The summed E-state index contributed by atoms with van der Waals surface area (Å²) in [7, 11) is 0.174. The maximum atomic E-state index is 12.7. The van der Waals surface area contributed by atoms with E-state index >= 15 is 0 Å². The zero-order valence-corrected chi connectivity index (χ0v) is 20.0. The molecule has 33 heavy (non-hydrogen) atoms. The van der Waals surface area contributed by atoms with E-state index in [2.05, 4.69) is 23.3 Å². The molecule has 4 rings (SSSR count). The Morgan fingerprint density at radius 2 is 1.58 bits per heavy atom. The lowest BCUT2D eigenvalue weighted by Crippen LogP contribution is -2.38. The molecule has 1 aromatic heterocycles. The molecule has 1 N–H and O–H groups in total. The molecule has 0 saturated carbocycles. The van der Waals surface area contributed by atoms with E-state index < -0.39 is 16.1 Å². The van der Waals surface area contributed by atoms with Crippen molar-refractivity contribution in [2.75, 3.05) is 36.1 Å². The molecule has 1 atom stereocenters. The van der Waals surface area contributed by atoms with Crippen LogP contribution in [0.2, 0.25) is 0 Å². The fraction of sp³-hybridized carbons (Fsp3) is 0.231. The molecule has 0 aliphatic carbocycles. The molecule has 1 heterocycles. The standard InChI is InChI=1S/C26H29N3O3S/c1-5-19-14-15-20(16-26(19)27(2)3)29(33(4,31)32)18-21(30)17-28-24-12-8-6-10-22(24)23-11-7-9-13-25(23)28/h5-16,21,30H,1,17-18H2,2-4H3. The lowest BCUT2D eigenvalue weighted by Gasteiger charge is -2.27. The predicted molar refractivity (Wildman–Crippen MR) is 139 cm³/mol. The molecule has 1 unspecified atom stereocenters. The van der Waals surface area contributed by atoms with E-state index in [1.54, 1.807) is 12.1 Å². The number of sulfonamides is 1. The van der Waals surface area contributed by atoms with Crippen LogP contribution >= 0.6 is 0 Å². The molecule has 0 fully saturated rings. The average Bonchev–Trinajstić information content (AvgIpc) is 3.10. The lowest BCUT2D eigenvalue weighted by molar-refractivity contribution is 0.166. The Kier molecular flexibility index (Phi) is 6.19. The predicted octanol–water partition coefficient (Wildman–Crippen LogP) is 4.33. The lowest BCUT2D eigenvalue weighted by atomic mass is 10.1. The zero-order chi connectivity index (χ0) is 23.8. The number of benzene rings is 3. The van der Waals surface area contributed by atoms with Crippen LogP contribution in [-0.2, 0) is 16.6 Å². The Hall–Kier alpha value is -3.29. The quantitative estimate of drug-likeness (QED) is 0.422. The van der Waals surface area contributed by atoms with E-state index in [0.717, 1.165) is 39.3 Å². The molecule has 3 aromatic carbocycles. The first-order chi connectivity index (χ1) is 15.7. The number of rotatable bonds is 8. The van der Waals surface area contributed by atoms with Crippen molar-refractivity contribution < 1.29 is 13.5 Å². The van der Waals surface area contributed by atoms with Gasteiger partial charge < -0.3 is 14.6 Å². The van der Waals surface area contributed by atoms with Gasteiger partial charge in [-0.3, -0.25) is 4.31 Å². The van der Waals surface area contributed by atoms with E-state index in [1.165, 1.54) is 4.31 Å². The van der Waals surface area contributed by atoms with Gasteiger partial charge in [-0.2, -0.15) is 0 Å². The maximum Gasteiger partial charge on any atom is 0.232 e. The highest BCUT2D eigenvalue weighted by Gasteiger charge is 2.23. The molecule has 172 valence electrons. The maximum absolute atomic E-state index is 12.7. The molecule has 0 aliphatic heterocycles. The van der Waals surface area contributed by atoms with Gasteiger partial charge in [0.2, 0.25) is 10.0 Å². The number of para-hydroxylation sites is 2. The second kappa shape index (κ2) is 8.92. The highest BCUT2D eigenvalue weighted by Crippen LogP contribution is 2.30. The van der Waals surface area contributed by atoms with Crippen LogP contribution in [0.5, 0.6) is 0 Å². The minimum Gasteiger partial charge on any atom is -0.389 e. The van der Waals surface area contributed by atoms with E-state index in [9.17, 15) is 13.5 Å². The Balaban J connectivity index is 1.70. The topological polar surface area (TPSA) is 65.8 Å². The number of anilines is 2. The fourth-order valence-corrected chi connectivity index (χ4v) is 5.28. The van der Waals surface area contributed by atoms with Gasteiger partial charge in [0.25, 0.3) is 0 Å². The molecule has 4 aromatic rings. The van der Waals surface area contributed by atoms with Crippen molar-refractivity contribution in [1.29, 1.82) is 0 Å². The third kappa shape index (κ3) is 4.47. The van der Waals surface area contributed by atoms with Crippen molar-refractivity contribution >= 4 is 49.3 Å². The van der Waals surface area contributed by atoms with Crippen LogP contribution in [0, 0.1) is 0 Å². The summed E-state index contributed by atoms with van der Waals surface area (Å²) in [6, 6.07) is 21.5. The summed E-state index contributed by atoms with van der Waals surface area (Å²) in [4.78, 5) is 1.91. The van der Waals surface area contributed by atoms with Crippen LogP contribution < -0.4 is 9.21 Å². The summed E-state index contributed by atoms with van der Waals surface area (Å²) in [6.07, 6.45) is 1.98. The van der Waals surface area contributed by atoms with E-state index in [1.807, 2.05) is 67.5 Å². The SMILES string of the molecule is C=Cc1ccc(N(CC(O)Cn2c3ccccc3c3ccccc32)S(C)(=O)=O)cc1N(C)C. The van der Waals surface area contributed by atoms with Crippen molar-refractivity contribution in [3.8, 4) is 0 Å². The normalized spacial score (nSPS) is 12.7. The molecule has 0 aliphatic rings. The first-order valence-electron chi connectivity index (χ1n) is 10.8. The van der Waals surface area contributed by atoms with Gasteiger partial charge >= 0.3 is 0 Å². The first kappa shape index (κ1) is 22.9. The van der Waals surface area contributed by atoms with Gasteiger partial charge in [-0.15, -0.1) is 0 Å². The second-order valence-corrected chi connectivity index (χ2v) is 10.3. The molecule has 0 radical (unpaired) electrons. The highest BCUT2D eigenvalue weighted by atomic mass is 32.2. The molecule has 7 heteroatoms. The Morgan fingerprint density at radius 1 is 1.00 bits per heavy atom. The smallest absolute Gasteiger partial charge is 0.232 e. The summed E-state index contributed by atoms with van der Waals surface area (Å²) < 4.78 is 28.7. The third-order valence-corrected chi connectivity index (χ3v) is 7.01. The number of aliphatic hydroxyl groups is 1. The largest absolute Gasteiger partial charge is 0.389 e. The van der Waals surface area contributed by atoms with Crippen LogP contribution in [0.3, 0.4) is 0 Å². The Labute approximate surface area is 195 Å². The minimum absolute atomic E-state index is 0.0556. The number of hydrogen-bond acceptors (Lipinski definition) is 4. The van der Waals surface area contributed by atoms with Crippen LogP contribution in [0.25, 0.3) is 27.9 Å². The van der Waals surface area contributed by atoms with Crippen LogP contribution in [0.1, 0.15) is 5.56 Å². The zero-order valence-electron chi connectivity index (χ0n) is 19.1. The fourth-order valence-electron chi connectivity index (χ4n) is 4.34. The Bertz CT molecular complexity index is 1370. The number of fused-ring (bicyclic) bond motifs is 3. The van der Waals surface area contributed by atoms with E-state index in [-0.39, 0.29) is 13.1 Å². The molecule has 0 amide bonds. The van der Waals surface area contributed by atoms with E-state index in [0.29, 0.717) is 5.69 Å². The summed E-state index contributed by atoms with van der Waals surface area (Å²) in [5.74, 6) is 0. The van der Waals surface area contributed by atoms with Crippen molar-refractivity contribution in [3.05, 3.63) is 78.9 Å². The highest BCUT2D eigenvalue weighted by molar-refractivity contribution is 7.92. The first-order valence-corrected chi connectivity index (χ1v) is 12.6. The third-order valence-electron chi connectivity index (χ3n) is 5.85. The molecular weight excluding hydrogens is 434 g/mol. The molecular formula is C26H29N3O3S. The number of hydrogen-bond donors (Lipinski definition) is 1. The summed E-state index contributed by atoms with van der Waals surface area (Å²) in [5.41, 5.74) is 4.28. The van der Waals surface area contributed by atoms with E-state index in [4.69, 9.17) is 0 Å². The monoisotopic (exact) mass is 463 g/mol. The van der Waals surface area contributed by atoms with Gasteiger partial charge in [0.15, 0.2) is 0 Å². The van der Waals surface area contributed by atoms with Crippen LogP contribution in [0.4, 0.5) is 11.4 Å². The van der Waals surface area contributed by atoms with Crippen molar-refractivity contribution in [2.24, 2.45) is 0 Å². The van der Waals surface area contributed by atoms with Gasteiger partial charge in [-0.25, -0.2) is 8.42 Å². The molecule has 0 spiro atoms. The van der Waals surface area contributed by atoms with Gasteiger partial charge in [-0.05, 0) is 29.8 Å². The van der Waals surface area contributed by atoms with Crippen molar-refractivity contribution in [2.45, 2.75) is 12.6 Å². The molecule has 6 nitrogen and oxygen atoms in total. The average molecular weight is 464 g/mol. The minimum atomic E-state index is -3.62. The van der Waals surface area contributed by atoms with Gasteiger partial charge in [-0.1, -0.05) is 55.1 Å². The molecule has 0 bridgehead atoms. The van der Waals surface area contributed by atoms with Crippen LogP contribution in [0.15, 0.2) is 73.3 Å². The summed E-state index contributed by atoms with van der Waals surface area (Å²) in [5, 5.41) is 13.3. The van der Waals surface area contributed by atoms with Gasteiger partial charge in [0.05, 0.1) is 31.1 Å². The van der Waals surface area contributed by atoms with Crippen molar-refractivity contribution in [3.63, 3.8) is 0 Å². The van der Waals surface area contributed by atoms with Gasteiger partial charge in [0, 0.05) is 41.6 Å². The Morgan fingerprint density at radius 3 is 2.09 bits per heavy atom. The second-order valence-electron chi connectivity index (χ2n) is 8.43.